The van der Waals surface area contributed by atoms with Gasteiger partial charge >= 0.3 is 5.97 Å². The van der Waals surface area contributed by atoms with E-state index in [1.54, 1.807) is 9.58 Å². The Morgan fingerprint density at radius 2 is 2.04 bits per heavy atom. The molecule has 0 atom stereocenters. The van der Waals surface area contributed by atoms with Crippen LogP contribution < -0.4 is 0 Å². The maximum absolute atomic E-state index is 11.6. The SMILES string of the molecule is CC(=O)N1CCc2c(c(C(=O)O)nn2-c2ccc(CC#N)cc2)C1. The number of carboxylic acid groups (broad SMARTS) is 1. The van der Waals surface area contributed by atoms with Crippen LogP contribution in [0.3, 0.4) is 0 Å². The van der Waals surface area contributed by atoms with E-state index in [4.69, 9.17) is 5.26 Å². The molecule has 0 bridgehead atoms. The molecular weight excluding hydrogens is 308 g/mol. The van der Waals surface area contributed by atoms with Crippen LogP contribution in [0.1, 0.15) is 34.2 Å². The van der Waals surface area contributed by atoms with E-state index >= 15 is 0 Å². The Kier molecular flexibility index (Phi) is 4.04. The molecule has 1 aromatic carbocycles. The van der Waals surface area contributed by atoms with E-state index in [2.05, 4.69) is 11.2 Å². The highest BCUT2D eigenvalue weighted by Crippen LogP contribution is 2.25. The molecule has 122 valence electrons. The Bertz CT molecular complexity index is 846. The fraction of sp³-hybridized carbons (Fsp3) is 0.294. The van der Waals surface area contributed by atoms with Gasteiger partial charge in [0.25, 0.3) is 0 Å². The van der Waals surface area contributed by atoms with E-state index in [0.29, 0.717) is 24.9 Å². The summed E-state index contributed by atoms with van der Waals surface area (Å²) in [5.41, 5.74) is 3.03. The van der Waals surface area contributed by atoms with Crippen molar-refractivity contribution in [2.24, 2.45) is 0 Å². The summed E-state index contributed by atoms with van der Waals surface area (Å²) in [6.07, 6.45) is 0.876. The van der Waals surface area contributed by atoms with Gasteiger partial charge in [-0.3, -0.25) is 4.79 Å². The average Bonchev–Trinajstić information content (AvgIpc) is 2.95. The maximum atomic E-state index is 11.6. The second-order valence-electron chi connectivity index (χ2n) is 5.68. The van der Waals surface area contributed by atoms with Gasteiger partial charge in [0.1, 0.15) is 0 Å². The summed E-state index contributed by atoms with van der Waals surface area (Å²) in [4.78, 5) is 24.7. The van der Waals surface area contributed by atoms with Crippen LogP contribution in [0.4, 0.5) is 0 Å². The number of carbonyl (C=O) groups is 2. The Labute approximate surface area is 138 Å². The predicted octanol–water partition coefficient (Wildman–Crippen LogP) is 1.54. The number of nitriles is 1. The summed E-state index contributed by atoms with van der Waals surface area (Å²) in [5, 5.41) is 22.4. The molecule has 2 heterocycles. The van der Waals surface area contributed by atoms with Crippen LogP contribution >= 0.6 is 0 Å². The summed E-state index contributed by atoms with van der Waals surface area (Å²) in [6.45, 7) is 2.28. The van der Waals surface area contributed by atoms with Crippen molar-refractivity contribution in [1.29, 1.82) is 5.26 Å². The van der Waals surface area contributed by atoms with E-state index in [-0.39, 0.29) is 18.1 Å². The number of carboxylic acids is 1. The number of carbonyl (C=O) groups excluding carboxylic acids is 1. The highest BCUT2D eigenvalue weighted by molar-refractivity contribution is 5.88. The van der Waals surface area contributed by atoms with Gasteiger partial charge in [0, 0.05) is 32.0 Å². The molecule has 0 aliphatic carbocycles. The predicted molar refractivity (Wildman–Crippen MR) is 84.6 cm³/mol. The van der Waals surface area contributed by atoms with Crippen LogP contribution in [-0.4, -0.2) is 38.2 Å². The first-order chi connectivity index (χ1) is 11.5. The monoisotopic (exact) mass is 324 g/mol. The number of benzene rings is 1. The van der Waals surface area contributed by atoms with E-state index in [0.717, 1.165) is 16.9 Å². The van der Waals surface area contributed by atoms with E-state index < -0.39 is 5.97 Å². The minimum absolute atomic E-state index is 0.0166. The third-order valence-corrected chi connectivity index (χ3v) is 4.17. The van der Waals surface area contributed by atoms with Crippen molar-refractivity contribution in [1.82, 2.24) is 14.7 Å². The van der Waals surface area contributed by atoms with Gasteiger partial charge in [-0.25, -0.2) is 9.48 Å². The van der Waals surface area contributed by atoms with Gasteiger partial charge in [0.2, 0.25) is 5.91 Å². The molecule has 0 unspecified atom stereocenters. The lowest BCUT2D eigenvalue weighted by Crippen LogP contribution is -2.35. The number of aromatic nitrogens is 2. The summed E-state index contributed by atoms with van der Waals surface area (Å²) >= 11 is 0. The van der Waals surface area contributed by atoms with Gasteiger partial charge < -0.3 is 10.0 Å². The van der Waals surface area contributed by atoms with E-state index in [1.165, 1.54) is 6.92 Å². The fourth-order valence-electron chi connectivity index (χ4n) is 2.92. The number of nitrogens with zero attached hydrogens (tertiary/aromatic N) is 4. The number of hydrogen-bond donors (Lipinski definition) is 1. The second-order valence-corrected chi connectivity index (χ2v) is 5.68. The lowest BCUT2D eigenvalue weighted by atomic mass is 10.0. The minimum atomic E-state index is -1.10. The normalized spacial score (nSPS) is 13.2. The zero-order valence-corrected chi connectivity index (χ0v) is 13.2. The quantitative estimate of drug-likeness (QED) is 0.923. The van der Waals surface area contributed by atoms with Gasteiger partial charge in [0.15, 0.2) is 5.69 Å². The van der Waals surface area contributed by atoms with Crippen LogP contribution in [0.2, 0.25) is 0 Å². The zero-order chi connectivity index (χ0) is 17.3. The first-order valence-corrected chi connectivity index (χ1v) is 7.57. The summed E-state index contributed by atoms with van der Waals surface area (Å²) < 4.78 is 1.63. The Balaban J connectivity index is 2.04. The largest absolute Gasteiger partial charge is 0.476 e. The highest BCUT2D eigenvalue weighted by Gasteiger charge is 2.29. The molecule has 0 saturated carbocycles. The van der Waals surface area contributed by atoms with Crippen molar-refractivity contribution in [3.05, 3.63) is 46.8 Å². The van der Waals surface area contributed by atoms with Crippen LogP contribution in [-0.2, 0) is 24.2 Å². The number of rotatable bonds is 3. The van der Waals surface area contributed by atoms with Gasteiger partial charge in [-0.05, 0) is 17.7 Å². The number of aromatic carboxylic acids is 1. The van der Waals surface area contributed by atoms with Crippen molar-refractivity contribution in [3.63, 3.8) is 0 Å². The maximum Gasteiger partial charge on any atom is 0.356 e. The molecule has 1 aliphatic heterocycles. The topological polar surface area (TPSA) is 99.2 Å². The van der Waals surface area contributed by atoms with Crippen LogP contribution in [0.25, 0.3) is 5.69 Å². The summed E-state index contributed by atoms with van der Waals surface area (Å²) in [7, 11) is 0. The number of amides is 1. The lowest BCUT2D eigenvalue weighted by Gasteiger charge is -2.26. The fourth-order valence-corrected chi connectivity index (χ4v) is 2.92. The first-order valence-electron chi connectivity index (χ1n) is 7.57. The molecule has 0 fully saturated rings. The van der Waals surface area contributed by atoms with E-state index in [9.17, 15) is 14.7 Å². The van der Waals surface area contributed by atoms with Crippen molar-refractivity contribution < 1.29 is 14.7 Å². The second kappa shape index (κ2) is 6.16. The summed E-state index contributed by atoms with van der Waals surface area (Å²) in [5.74, 6) is -1.18. The number of fused-ring (bicyclic) bond motifs is 1. The minimum Gasteiger partial charge on any atom is -0.476 e. The van der Waals surface area contributed by atoms with Gasteiger partial charge in [-0.1, -0.05) is 12.1 Å². The zero-order valence-electron chi connectivity index (χ0n) is 13.2. The molecule has 2 aromatic rings. The molecule has 3 rings (SSSR count). The van der Waals surface area contributed by atoms with Crippen molar-refractivity contribution >= 4 is 11.9 Å². The molecular formula is C17H16N4O3. The third kappa shape index (κ3) is 2.74. The van der Waals surface area contributed by atoms with E-state index in [1.807, 2.05) is 24.3 Å². The average molecular weight is 324 g/mol. The lowest BCUT2D eigenvalue weighted by molar-refractivity contribution is -0.129. The molecule has 1 aromatic heterocycles. The molecule has 0 spiro atoms. The van der Waals surface area contributed by atoms with Crippen LogP contribution in [0.15, 0.2) is 24.3 Å². The smallest absolute Gasteiger partial charge is 0.356 e. The molecule has 1 N–H and O–H groups in total. The van der Waals surface area contributed by atoms with Crippen molar-refractivity contribution in [3.8, 4) is 11.8 Å². The summed E-state index contributed by atoms with van der Waals surface area (Å²) in [6, 6.07) is 9.40. The Hall–Kier alpha value is -3.14. The Morgan fingerprint density at radius 1 is 1.33 bits per heavy atom. The van der Waals surface area contributed by atoms with Crippen LogP contribution in [0.5, 0.6) is 0 Å². The molecule has 0 saturated heterocycles. The molecule has 7 heteroatoms. The first kappa shape index (κ1) is 15.7. The molecule has 24 heavy (non-hydrogen) atoms. The van der Waals surface area contributed by atoms with Crippen LogP contribution in [0, 0.1) is 11.3 Å². The molecule has 1 amide bonds. The van der Waals surface area contributed by atoms with Crippen molar-refractivity contribution in [2.75, 3.05) is 6.54 Å². The van der Waals surface area contributed by atoms with Gasteiger partial charge in [-0.15, -0.1) is 0 Å². The molecule has 7 nitrogen and oxygen atoms in total. The van der Waals surface area contributed by atoms with Gasteiger partial charge in [-0.2, -0.15) is 10.4 Å². The standard InChI is InChI=1S/C17H16N4O3/c1-11(22)20-9-7-15-14(10-20)16(17(23)24)19-21(15)13-4-2-12(3-5-13)6-8-18/h2-5H,6-7,9-10H2,1H3,(H,23,24). The highest BCUT2D eigenvalue weighted by atomic mass is 16.4. The van der Waals surface area contributed by atoms with Crippen molar-refractivity contribution in [2.45, 2.75) is 26.3 Å². The Morgan fingerprint density at radius 3 is 2.62 bits per heavy atom. The molecule has 0 radical (unpaired) electrons. The molecule has 1 aliphatic rings. The third-order valence-electron chi connectivity index (χ3n) is 4.17. The van der Waals surface area contributed by atoms with Gasteiger partial charge in [0.05, 0.1) is 23.9 Å². The number of hydrogen-bond acceptors (Lipinski definition) is 4.